The van der Waals surface area contributed by atoms with Crippen LogP contribution >= 0.6 is 11.8 Å². The summed E-state index contributed by atoms with van der Waals surface area (Å²) in [6.07, 6.45) is 0. The first-order chi connectivity index (χ1) is 13.4. The molecule has 2 heterocycles. The van der Waals surface area contributed by atoms with Crippen molar-refractivity contribution >= 4 is 22.7 Å². The Balaban J connectivity index is 1.44. The van der Waals surface area contributed by atoms with Crippen molar-refractivity contribution in [1.82, 2.24) is 14.9 Å². The summed E-state index contributed by atoms with van der Waals surface area (Å²) in [5.41, 5.74) is 1.00. The van der Waals surface area contributed by atoms with Crippen molar-refractivity contribution in [2.45, 2.75) is 11.6 Å². The minimum atomic E-state index is 0.645. The van der Waals surface area contributed by atoms with Gasteiger partial charge in [0.1, 0.15) is 16.6 Å². The zero-order chi connectivity index (χ0) is 18.3. The minimum Gasteiger partial charge on any atom is -0.493 e. The minimum absolute atomic E-state index is 0.645. The zero-order valence-electron chi connectivity index (χ0n) is 15.2. The van der Waals surface area contributed by atoms with E-state index in [9.17, 15) is 0 Å². The fraction of sp³-hybridized carbons (Fsp3) is 0.333. The number of thioether (sulfide) groups is 1. The van der Waals surface area contributed by atoms with Gasteiger partial charge < -0.3 is 9.47 Å². The summed E-state index contributed by atoms with van der Waals surface area (Å²) in [4.78, 5) is 12.0. The van der Waals surface area contributed by atoms with Crippen LogP contribution in [0.15, 0.2) is 59.6 Å². The van der Waals surface area contributed by atoms with Crippen LogP contribution in [0.1, 0.15) is 5.82 Å². The summed E-state index contributed by atoms with van der Waals surface area (Å²) in [6.45, 7) is 4.85. The molecule has 4 rings (SSSR count). The molecule has 0 N–H and O–H groups in total. The summed E-state index contributed by atoms with van der Waals surface area (Å²) in [6, 6.07) is 18.1. The van der Waals surface area contributed by atoms with Crippen molar-refractivity contribution in [1.29, 1.82) is 0 Å². The highest BCUT2D eigenvalue weighted by molar-refractivity contribution is 7.99. The predicted molar refractivity (Wildman–Crippen MR) is 108 cm³/mol. The molecule has 6 heteroatoms. The Morgan fingerprint density at radius 1 is 0.963 bits per heavy atom. The molecule has 5 nitrogen and oxygen atoms in total. The van der Waals surface area contributed by atoms with Gasteiger partial charge in [-0.1, -0.05) is 36.4 Å². The van der Waals surface area contributed by atoms with E-state index in [0.717, 1.165) is 66.1 Å². The highest BCUT2D eigenvalue weighted by Gasteiger charge is 2.14. The number of benzene rings is 2. The van der Waals surface area contributed by atoms with Gasteiger partial charge >= 0.3 is 0 Å². The van der Waals surface area contributed by atoms with Crippen molar-refractivity contribution < 1.29 is 9.47 Å². The predicted octanol–water partition coefficient (Wildman–Crippen LogP) is 3.63. The number of para-hydroxylation sites is 2. The third-order valence-corrected chi connectivity index (χ3v) is 5.37. The highest BCUT2D eigenvalue weighted by Crippen LogP contribution is 2.25. The van der Waals surface area contributed by atoms with Crippen LogP contribution in [0.25, 0.3) is 10.9 Å². The lowest BCUT2D eigenvalue weighted by Crippen LogP contribution is -2.36. The summed E-state index contributed by atoms with van der Waals surface area (Å²) in [5, 5.41) is 2.13. The molecule has 0 atom stereocenters. The van der Waals surface area contributed by atoms with E-state index >= 15 is 0 Å². The lowest BCUT2D eigenvalue weighted by molar-refractivity contribution is 0.0330. The Morgan fingerprint density at radius 2 is 1.74 bits per heavy atom. The molecule has 140 valence electrons. The van der Waals surface area contributed by atoms with E-state index in [1.54, 1.807) is 11.8 Å². The van der Waals surface area contributed by atoms with Crippen molar-refractivity contribution in [3.63, 3.8) is 0 Å². The van der Waals surface area contributed by atoms with Crippen molar-refractivity contribution in [3.05, 3.63) is 60.4 Å². The Kier molecular flexibility index (Phi) is 6.19. The molecular weight excluding hydrogens is 358 g/mol. The summed E-state index contributed by atoms with van der Waals surface area (Å²) >= 11 is 1.73. The molecule has 0 unspecified atom stereocenters. The van der Waals surface area contributed by atoms with Crippen LogP contribution in [0.5, 0.6) is 5.75 Å². The van der Waals surface area contributed by atoms with Gasteiger partial charge in [-0.25, -0.2) is 9.97 Å². The van der Waals surface area contributed by atoms with Crippen LogP contribution in [-0.2, 0) is 11.3 Å². The van der Waals surface area contributed by atoms with Crippen molar-refractivity contribution in [3.8, 4) is 5.75 Å². The summed E-state index contributed by atoms with van der Waals surface area (Å²) in [7, 11) is 0. The van der Waals surface area contributed by atoms with Crippen LogP contribution in [0, 0.1) is 0 Å². The second-order valence-corrected chi connectivity index (χ2v) is 7.44. The van der Waals surface area contributed by atoms with E-state index < -0.39 is 0 Å². The van der Waals surface area contributed by atoms with Gasteiger partial charge in [0.15, 0.2) is 0 Å². The largest absolute Gasteiger partial charge is 0.493 e. The van der Waals surface area contributed by atoms with E-state index in [4.69, 9.17) is 19.4 Å². The van der Waals surface area contributed by atoms with Crippen LogP contribution in [-0.4, -0.2) is 53.5 Å². The first-order valence-electron chi connectivity index (χ1n) is 9.25. The van der Waals surface area contributed by atoms with Gasteiger partial charge in [-0.2, -0.15) is 0 Å². The number of morpholine rings is 1. The summed E-state index contributed by atoms with van der Waals surface area (Å²) < 4.78 is 11.2. The maximum Gasteiger partial charge on any atom is 0.144 e. The Labute approximate surface area is 163 Å². The average molecular weight is 382 g/mol. The Bertz CT molecular complexity index is 870. The lowest BCUT2D eigenvalue weighted by atomic mass is 10.2. The maximum absolute atomic E-state index is 5.81. The third-order valence-electron chi connectivity index (χ3n) is 4.42. The molecule has 0 radical (unpaired) electrons. The zero-order valence-corrected chi connectivity index (χ0v) is 16.0. The number of ether oxygens (including phenoxy) is 2. The molecule has 1 fully saturated rings. The fourth-order valence-corrected chi connectivity index (χ4v) is 3.91. The normalized spacial score (nSPS) is 15.1. The van der Waals surface area contributed by atoms with Crippen LogP contribution in [0.3, 0.4) is 0 Å². The first-order valence-corrected chi connectivity index (χ1v) is 10.2. The Morgan fingerprint density at radius 3 is 2.59 bits per heavy atom. The van der Waals surface area contributed by atoms with E-state index in [-0.39, 0.29) is 0 Å². The van der Waals surface area contributed by atoms with Crippen LogP contribution < -0.4 is 4.74 Å². The van der Waals surface area contributed by atoms with Gasteiger partial charge in [0.2, 0.25) is 0 Å². The molecule has 2 aromatic carbocycles. The smallest absolute Gasteiger partial charge is 0.144 e. The first kappa shape index (κ1) is 18.2. The standard InChI is InChI=1S/C21H23N3O2S/c1-2-6-17(7-3-1)26-14-15-27-21-18-8-4-5-9-19(18)22-20(23-21)16-24-10-12-25-13-11-24/h1-9H,10-16H2. The number of aromatic nitrogens is 2. The maximum atomic E-state index is 5.81. The second kappa shape index (κ2) is 9.17. The molecule has 1 aromatic heterocycles. The molecule has 0 saturated carbocycles. The van der Waals surface area contributed by atoms with Gasteiger partial charge in [-0.05, 0) is 18.2 Å². The fourth-order valence-electron chi connectivity index (χ4n) is 3.05. The monoisotopic (exact) mass is 381 g/mol. The number of hydrogen-bond acceptors (Lipinski definition) is 6. The van der Waals surface area contributed by atoms with Gasteiger partial charge in [-0.3, -0.25) is 4.90 Å². The van der Waals surface area contributed by atoms with Crippen molar-refractivity contribution in [2.75, 3.05) is 38.7 Å². The van der Waals surface area contributed by atoms with Gasteiger partial charge in [-0.15, -0.1) is 11.8 Å². The molecule has 0 bridgehead atoms. The highest BCUT2D eigenvalue weighted by atomic mass is 32.2. The molecule has 0 spiro atoms. The number of fused-ring (bicyclic) bond motifs is 1. The van der Waals surface area contributed by atoms with Gasteiger partial charge in [0.05, 0.1) is 31.9 Å². The third kappa shape index (κ3) is 4.97. The van der Waals surface area contributed by atoms with E-state index in [0.29, 0.717) is 6.61 Å². The van der Waals surface area contributed by atoms with Crippen LogP contribution in [0.2, 0.25) is 0 Å². The Hall–Kier alpha value is -2.15. The second-order valence-electron chi connectivity index (χ2n) is 6.36. The number of rotatable bonds is 7. The lowest BCUT2D eigenvalue weighted by Gasteiger charge is -2.25. The topological polar surface area (TPSA) is 47.5 Å². The number of hydrogen-bond donors (Lipinski definition) is 0. The van der Waals surface area contributed by atoms with Gasteiger partial charge in [0.25, 0.3) is 0 Å². The SMILES string of the molecule is c1ccc(OCCSc2nc(CN3CCOCC3)nc3ccccc23)cc1. The molecule has 1 aliphatic heterocycles. The van der Waals surface area contributed by atoms with Crippen molar-refractivity contribution in [2.24, 2.45) is 0 Å². The van der Waals surface area contributed by atoms with E-state index in [1.807, 2.05) is 42.5 Å². The molecule has 1 aliphatic rings. The van der Waals surface area contributed by atoms with Gasteiger partial charge in [0, 0.05) is 24.2 Å². The molecular formula is C21H23N3O2S. The van der Waals surface area contributed by atoms with Crippen LogP contribution in [0.4, 0.5) is 0 Å². The molecule has 0 amide bonds. The quantitative estimate of drug-likeness (QED) is 0.354. The van der Waals surface area contributed by atoms with E-state index in [1.165, 1.54) is 0 Å². The molecule has 27 heavy (non-hydrogen) atoms. The van der Waals surface area contributed by atoms with E-state index in [2.05, 4.69) is 17.0 Å². The molecule has 0 aliphatic carbocycles. The molecule has 3 aromatic rings. The average Bonchev–Trinajstić information content (AvgIpc) is 2.72. The summed E-state index contributed by atoms with van der Waals surface area (Å²) in [5.74, 6) is 2.62. The molecule has 1 saturated heterocycles. The number of nitrogens with zero attached hydrogens (tertiary/aromatic N) is 3.